The Balaban J connectivity index is 1.62. The van der Waals surface area contributed by atoms with Crippen LogP contribution in [0.1, 0.15) is 64.4 Å². The molecule has 8 nitrogen and oxygen atoms in total. The molecular formula is C25H38N2O6S. The van der Waals surface area contributed by atoms with Crippen LogP contribution in [-0.2, 0) is 29.1 Å². The van der Waals surface area contributed by atoms with Crippen LogP contribution in [0.15, 0.2) is 30.3 Å². The second-order valence-corrected chi connectivity index (χ2v) is 12.0. The summed E-state index contributed by atoms with van der Waals surface area (Å²) in [7, 11) is -2.17. The normalized spacial score (nSPS) is 26.2. The number of likely N-dealkylation sites (tertiary alicyclic amines) is 1. The third kappa shape index (κ3) is 6.58. The standard InChI is InChI=1S/C25H38N2O6S/c1-18(28)33-25(2,3)24(29)27-15-14-23(34(30,31)26-4)22(16-27)32-17-19-10-12-21(13-11-19)20-8-6-5-7-9-20/h5-9,19,21-23,26H,10-17H2,1-4H3. The molecule has 1 aliphatic carbocycles. The summed E-state index contributed by atoms with van der Waals surface area (Å²) in [5.74, 6) is 0.0347. The minimum absolute atomic E-state index is 0.147. The van der Waals surface area contributed by atoms with Gasteiger partial charge in [0.05, 0.1) is 6.10 Å². The van der Waals surface area contributed by atoms with E-state index >= 15 is 0 Å². The Kier molecular flexibility index (Phi) is 8.76. The third-order valence-corrected chi connectivity index (χ3v) is 8.95. The van der Waals surface area contributed by atoms with Crippen LogP contribution in [0.5, 0.6) is 0 Å². The third-order valence-electron chi connectivity index (χ3n) is 7.05. The van der Waals surface area contributed by atoms with Gasteiger partial charge in [0.2, 0.25) is 10.0 Å². The summed E-state index contributed by atoms with van der Waals surface area (Å²) in [5.41, 5.74) is 0.0554. The Hall–Kier alpha value is -1.97. The van der Waals surface area contributed by atoms with E-state index in [9.17, 15) is 18.0 Å². The van der Waals surface area contributed by atoms with E-state index in [1.807, 2.05) is 6.07 Å². The molecule has 1 saturated carbocycles. The number of benzene rings is 1. The Morgan fingerprint density at radius 3 is 2.32 bits per heavy atom. The highest BCUT2D eigenvalue weighted by Gasteiger charge is 2.43. The molecule has 2 unspecified atom stereocenters. The number of esters is 1. The molecule has 1 saturated heterocycles. The van der Waals surface area contributed by atoms with E-state index in [2.05, 4.69) is 29.0 Å². The van der Waals surface area contributed by atoms with Crippen LogP contribution >= 0.6 is 0 Å². The first-order valence-corrected chi connectivity index (χ1v) is 13.7. The van der Waals surface area contributed by atoms with E-state index in [0.29, 0.717) is 18.4 Å². The Bertz CT molecular complexity index is 941. The van der Waals surface area contributed by atoms with E-state index < -0.39 is 32.9 Å². The van der Waals surface area contributed by atoms with Gasteiger partial charge in [-0.3, -0.25) is 9.59 Å². The van der Waals surface area contributed by atoms with Crippen LogP contribution in [-0.4, -0.2) is 68.9 Å². The summed E-state index contributed by atoms with van der Waals surface area (Å²) in [4.78, 5) is 26.0. The second-order valence-electron chi connectivity index (χ2n) is 9.93. The fourth-order valence-electron chi connectivity index (χ4n) is 5.18. The SMILES string of the molecule is CNS(=O)(=O)C1CCN(C(=O)C(C)(C)OC(C)=O)CC1OCC1CCC(c2ccccc2)CC1. The molecule has 9 heteroatoms. The maximum atomic E-state index is 13.0. The lowest BCUT2D eigenvalue weighted by atomic mass is 9.79. The van der Waals surface area contributed by atoms with Crippen LogP contribution in [0.3, 0.4) is 0 Å². The van der Waals surface area contributed by atoms with Gasteiger partial charge in [-0.15, -0.1) is 0 Å². The zero-order chi connectivity index (χ0) is 24.9. The quantitative estimate of drug-likeness (QED) is 0.558. The van der Waals surface area contributed by atoms with Gasteiger partial charge in [0.15, 0.2) is 5.60 Å². The van der Waals surface area contributed by atoms with Gasteiger partial charge in [0.25, 0.3) is 5.91 Å². The minimum Gasteiger partial charge on any atom is -0.450 e. The average molecular weight is 495 g/mol. The maximum Gasteiger partial charge on any atom is 0.303 e. The number of ether oxygens (including phenoxy) is 2. The monoisotopic (exact) mass is 494 g/mol. The highest BCUT2D eigenvalue weighted by Crippen LogP contribution is 2.36. The summed E-state index contributed by atoms with van der Waals surface area (Å²) in [6.07, 6.45) is 3.84. The van der Waals surface area contributed by atoms with Crippen molar-refractivity contribution in [2.24, 2.45) is 5.92 Å². The molecule has 1 amide bonds. The molecule has 1 aromatic carbocycles. The molecule has 0 spiro atoms. The Morgan fingerprint density at radius 2 is 1.74 bits per heavy atom. The van der Waals surface area contributed by atoms with E-state index in [-0.39, 0.29) is 25.4 Å². The molecule has 2 fully saturated rings. The zero-order valence-corrected chi connectivity index (χ0v) is 21.5. The maximum absolute atomic E-state index is 13.0. The van der Waals surface area contributed by atoms with Crippen molar-refractivity contribution in [1.82, 2.24) is 9.62 Å². The minimum atomic E-state index is -3.57. The summed E-state index contributed by atoms with van der Waals surface area (Å²) >= 11 is 0. The fourth-order valence-corrected chi connectivity index (χ4v) is 6.46. The number of piperidine rings is 1. The molecule has 0 bridgehead atoms. The van der Waals surface area contributed by atoms with Crippen molar-refractivity contribution in [3.63, 3.8) is 0 Å². The van der Waals surface area contributed by atoms with Crippen LogP contribution in [0.2, 0.25) is 0 Å². The van der Waals surface area contributed by atoms with Crippen molar-refractivity contribution in [3.05, 3.63) is 35.9 Å². The average Bonchev–Trinajstić information content (AvgIpc) is 2.82. The summed E-state index contributed by atoms with van der Waals surface area (Å²) in [5, 5.41) is -0.737. The van der Waals surface area contributed by atoms with Gasteiger partial charge in [0, 0.05) is 26.6 Å². The number of hydrogen-bond donors (Lipinski definition) is 1. The summed E-state index contributed by atoms with van der Waals surface area (Å²) < 4.78 is 39.2. The number of rotatable bonds is 8. The van der Waals surface area contributed by atoms with Gasteiger partial charge in [-0.1, -0.05) is 30.3 Å². The first kappa shape index (κ1) is 26.6. The molecule has 1 N–H and O–H groups in total. The summed E-state index contributed by atoms with van der Waals surface area (Å²) in [6.45, 7) is 5.24. The largest absolute Gasteiger partial charge is 0.450 e. The first-order valence-electron chi connectivity index (χ1n) is 12.1. The molecular weight excluding hydrogens is 456 g/mol. The zero-order valence-electron chi connectivity index (χ0n) is 20.7. The van der Waals surface area contributed by atoms with Crippen molar-refractivity contribution < 1.29 is 27.5 Å². The Morgan fingerprint density at radius 1 is 1.09 bits per heavy atom. The van der Waals surface area contributed by atoms with E-state index in [0.717, 1.165) is 25.7 Å². The van der Waals surface area contributed by atoms with Crippen molar-refractivity contribution >= 4 is 21.9 Å². The topological polar surface area (TPSA) is 102 Å². The Labute approximate surface area is 203 Å². The second kappa shape index (κ2) is 11.2. The van der Waals surface area contributed by atoms with E-state index in [1.54, 1.807) is 18.7 Å². The lowest BCUT2D eigenvalue weighted by molar-refractivity contribution is -0.170. The highest BCUT2D eigenvalue weighted by molar-refractivity contribution is 7.90. The lowest BCUT2D eigenvalue weighted by Crippen LogP contribution is -2.58. The van der Waals surface area contributed by atoms with Gasteiger partial charge in [-0.05, 0) is 70.4 Å². The molecule has 0 radical (unpaired) electrons. The van der Waals surface area contributed by atoms with Crippen LogP contribution < -0.4 is 4.72 Å². The predicted octanol–water partition coefficient (Wildman–Crippen LogP) is 2.84. The van der Waals surface area contributed by atoms with Crippen molar-refractivity contribution in [2.45, 2.75) is 75.7 Å². The van der Waals surface area contributed by atoms with Gasteiger partial charge >= 0.3 is 5.97 Å². The molecule has 1 heterocycles. The molecule has 34 heavy (non-hydrogen) atoms. The van der Waals surface area contributed by atoms with Crippen LogP contribution in [0.25, 0.3) is 0 Å². The smallest absolute Gasteiger partial charge is 0.303 e. The first-order chi connectivity index (χ1) is 16.0. The van der Waals surface area contributed by atoms with Gasteiger partial charge in [0.1, 0.15) is 5.25 Å². The van der Waals surface area contributed by atoms with Crippen molar-refractivity contribution in [3.8, 4) is 0 Å². The van der Waals surface area contributed by atoms with Gasteiger partial charge in [-0.25, -0.2) is 13.1 Å². The molecule has 3 rings (SSSR count). The van der Waals surface area contributed by atoms with E-state index in [1.165, 1.54) is 19.5 Å². The molecule has 0 aromatic heterocycles. The van der Waals surface area contributed by atoms with Crippen LogP contribution in [0, 0.1) is 5.92 Å². The molecule has 190 valence electrons. The molecule has 2 aliphatic rings. The number of hydrogen-bond acceptors (Lipinski definition) is 6. The number of carbonyl (C=O) groups excluding carboxylic acids is 2. The van der Waals surface area contributed by atoms with Gasteiger partial charge in [-0.2, -0.15) is 0 Å². The van der Waals surface area contributed by atoms with Crippen molar-refractivity contribution in [1.29, 1.82) is 0 Å². The van der Waals surface area contributed by atoms with Crippen molar-refractivity contribution in [2.75, 3.05) is 26.7 Å². The number of nitrogens with zero attached hydrogens (tertiary/aromatic N) is 1. The van der Waals surface area contributed by atoms with Crippen LogP contribution in [0.4, 0.5) is 0 Å². The highest BCUT2D eigenvalue weighted by atomic mass is 32.2. The predicted molar refractivity (Wildman–Crippen MR) is 130 cm³/mol. The van der Waals surface area contributed by atoms with Gasteiger partial charge < -0.3 is 14.4 Å². The number of sulfonamides is 1. The fraction of sp³-hybridized carbons (Fsp3) is 0.680. The number of carbonyl (C=O) groups is 2. The number of amides is 1. The lowest BCUT2D eigenvalue weighted by Gasteiger charge is -2.41. The summed E-state index contributed by atoms with van der Waals surface area (Å²) in [6, 6.07) is 10.5. The number of nitrogens with one attached hydrogen (secondary N) is 1. The van der Waals surface area contributed by atoms with E-state index in [4.69, 9.17) is 9.47 Å². The molecule has 1 aliphatic heterocycles. The molecule has 1 aromatic rings. The molecule has 2 atom stereocenters.